The van der Waals surface area contributed by atoms with Crippen LogP contribution in [0.1, 0.15) is 46.6 Å². The molecule has 0 aromatic heterocycles. The SMILES string of the molecule is COc1ccc(OC)c(C=Cc2ccc(N3C(=O)[C@H]4[C@H](CC=C5[C@H]4C[C@H]4C(=O)N(Nc6ccc(C)cc6)C(=O)[C@@]4(c4ccccc4)[C@H]5c4cc(Cl)c(O)c(OC)c4)C3=O)cc2)c1. The first kappa shape index (κ1) is 40.6. The second-order valence-corrected chi connectivity index (χ2v) is 16.6. The molecule has 11 nitrogen and oxygen atoms in total. The molecule has 2 aliphatic carbocycles. The smallest absolute Gasteiger partial charge is 0.260 e. The number of benzene rings is 5. The molecule has 2 saturated heterocycles. The molecular weight excluding hydrogens is 806 g/mol. The average Bonchev–Trinajstić information content (AvgIpc) is 3.67. The number of carbonyl (C=O) groups is 4. The van der Waals surface area contributed by atoms with Crippen molar-refractivity contribution in [1.29, 1.82) is 0 Å². The maximum atomic E-state index is 15.5. The van der Waals surface area contributed by atoms with Crippen molar-refractivity contribution in [3.05, 3.63) is 154 Å². The number of phenols is 1. The van der Waals surface area contributed by atoms with E-state index in [2.05, 4.69) is 5.43 Å². The summed E-state index contributed by atoms with van der Waals surface area (Å²) in [5.74, 6) is -4.32. The molecule has 2 heterocycles. The fourth-order valence-corrected chi connectivity index (χ4v) is 10.4. The summed E-state index contributed by atoms with van der Waals surface area (Å²) in [5.41, 5.74) is 7.15. The summed E-state index contributed by atoms with van der Waals surface area (Å²) in [6.45, 7) is 1.95. The van der Waals surface area contributed by atoms with Gasteiger partial charge in [-0.25, -0.2) is 0 Å². The van der Waals surface area contributed by atoms with Gasteiger partial charge in [0.15, 0.2) is 11.5 Å². The highest BCUT2D eigenvalue weighted by Gasteiger charge is 2.70. The van der Waals surface area contributed by atoms with Crippen LogP contribution in [0, 0.1) is 30.6 Å². The van der Waals surface area contributed by atoms with E-state index >= 15 is 9.59 Å². The molecular formula is C50H44ClN3O8. The Bertz CT molecular complexity index is 2680. The number of allylic oxidation sites excluding steroid dienone is 2. The van der Waals surface area contributed by atoms with Crippen LogP contribution in [-0.2, 0) is 24.6 Å². The normalized spacial score (nSPS) is 24.1. The number of hydrogen-bond donors (Lipinski definition) is 2. The molecule has 4 amide bonds. The van der Waals surface area contributed by atoms with Crippen molar-refractivity contribution < 1.29 is 38.5 Å². The minimum Gasteiger partial charge on any atom is -0.503 e. The number of nitrogens with one attached hydrogen (secondary N) is 1. The molecule has 2 aliphatic heterocycles. The number of carbonyl (C=O) groups excluding carboxylic acids is 4. The van der Waals surface area contributed by atoms with Gasteiger partial charge in [-0.05, 0) is 97.0 Å². The highest BCUT2D eigenvalue weighted by atomic mass is 35.5. The maximum absolute atomic E-state index is 15.5. The quantitative estimate of drug-likeness (QED) is 0.0804. The van der Waals surface area contributed by atoms with Crippen LogP contribution in [0.25, 0.3) is 12.2 Å². The monoisotopic (exact) mass is 849 g/mol. The molecule has 3 fully saturated rings. The van der Waals surface area contributed by atoms with Gasteiger partial charge in [0.2, 0.25) is 11.8 Å². The van der Waals surface area contributed by atoms with Crippen LogP contribution in [0.3, 0.4) is 0 Å². The van der Waals surface area contributed by atoms with E-state index in [4.69, 9.17) is 25.8 Å². The lowest BCUT2D eigenvalue weighted by atomic mass is 9.49. The van der Waals surface area contributed by atoms with E-state index in [1.54, 1.807) is 50.6 Å². The molecule has 0 radical (unpaired) electrons. The number of aryl methyl sites for hydroxylation is 1. The number of aromatic hydroxyl groups is 1. The number of phenolic OH excluding ortho intramolecular Hbond substituents is 1. The van der Waals surface area contributed by atoms with E-state index in [0.717, 1.165) is 27.3 Å². The first-order chi connectivity index (χ1) is 30.0. The van der Waals surface area contributed by atoms with Crippen molar-refractivity contribution in [2.45, 2.75) is 31.1 Å². The average molecular weight is 850 g/mol. The molecule has 5 aromatic carbocycles. The van der Waals surface area contributed by atoms with Crippen molar-refractivity contribution in [3.8, 4) is 23.0 Å². The number of anilines is 2. The summed E-state index contributed by atoms with van der Waals surface area (Å²) in [4.78, 5) is 61.0. The van der Waals surface area contributed by atoms with E-state index in [1.165, 1.54) is 12.0 Å². The third-order valence-electron chi connectivity index (χ3n) is 13.0. The van der Waals surface area contributed by atoms with Crippen LogP contribution in [-0.4, -0.2) is 55.1 Å². The van der Waals surface area contributed by atoms with Gasteiger partial charge in [-0.15, -0.1) is 0 Å². The lowest BCUT2D eigenvalue weighted by molar-refractivity contribution is -0.138. The van der Waals surface area contributed by atoms with Crippen molar-refractivity contribution in [2.75, 3.05) is 31.7 Å². The van der Waals surface area contributed by atoms with Gasteiger partial charge in [-0.3, -0.25) is 29.5 Å². The van der Waals surface area contributed by atoms with Crippen molar-refractivity contribution in [3.63, 3.8) is 0 Å². The molecule has 1 saturated carbocycles. The lowest BCUT2D eigenvalue weighted by Crippen LogP contribution is -2.53. The maximum Gasteiger partial charge on any atom is 0.260 e. The van der Waals surface area contributed by atoms with E-state index in [0.29, 0.717) is 34.0 Å². The Hall–Kier alpha value is -6.85. The Morgan fingerprint density at radius 1 is 0.774 bits per heavy atom. The fourth-order valence-electron chi connectivity index (χ4n) is 10.2. The van der Waals surface area contributed by atoms with Crippen LogP contribution < -0.4 is 24.5 Å². The zero-order valence-electron chi connectivity index (χ0n) is 34.5. The van der Waals surface area contributed by atoms with Crippen molar-refractivity contribution >= 4 is 58.8 Å². The summed E-state index contributed by atoms with van der Waals surface area (Å²) in [5, 5.41) is 12.0. The summed E-state index contributed by atoms with van der Waals surface area (Å²) < 4.78 is 16.5. The standard InChI is InChI=1S/C50H44ClN3O8/c1-28-10-16-33(17-11-28)52-54-47(57)39-27-38-36(44(31-25-40(51)45(55)42(26-31)62-4)50(39,49(54)59)32-8-6-5-7-9-32)21-22-37-43(38)48(58)53(46(37)56)34-18-13-29(14-19-34)12-15-30-24-35(60-2)20-23-41(30)61-3/h5-21,23-26,37-39,43-44,52,55H,22,27H2,1-4H3/t37-,38+,39-,43-,44-,50+/m0/s1. The highest BCUT2D eigenvalue weighted by Crippen LogP contribution is 2.64. The van der Waals surface area contributed by atoms with Gasteiger partial charge in [-0.2, -0.15) is 5.01 Å². The van der Waals surface area contributed by atoms with Gasteiger partial charge >= 0.3 is 0 Å². The molecule has 62 heavy (non-hydrogen) atoms. The Kier molecular flexibility index (Phi) is 10.4. The first-order valence-electron chi connectivity index (χ1n) is 20.4. The number of hydrogen-bond acceptors (Lipinski definition) is 9. The number of imide groups is 2. The zero-order valence-corrected chi connectivity index (χ0v) is 35.3. The molecule has 5 aromatic rings. The van der Waals surface area contributed by atoms with Crippen molar-refractivity contribution in [2.24, 2.45) is 23.7 Å². The number of methoxy groups -OCH3 is 3. The topological polar surface area (TPSA) is 135 Å². The number of fused-ring (bicyclic) bond motifs is 4. The molecule has 0 bridgehead atoms. The van der Waals surface area contributed by atoms with Crippen LogP contribution in [0.15, 0.2) is 121 Å². The predicted molar refractivity (Wildman–Crippen MR) is 236 cm³/mol. The van der Waals surface area contributed by atoms with E-state index in [-0.39, 0.29) is 41.2 Å². The van der Waals surface area contributed by atoms with Crippen LogP contribution in [0.4, 0.5) is 11.4 Å². The third kappa shape index (κ3) is 6.41. The summed E-state index contributed by atoms with van der Waals surface area (Å²) in [7, 11) is 4.61. The Balaban J connectivity index is 1.12. The summed E-state index contributed by atoms with van der Waals surface area (Å²) in [6, 6.07) is 32.6. The van der Waals surface area contributed by atoms with E-state index in [1.807, 2.05) is 97.9 Å². The Labute approximate surface area is 364 Å². The highest BCUT2D eigenvalue weighted by molar-refractivity contribution is 6.32. The second kappa shape index (κ2) is 15.9. The van der Waals surface area contributed by atoms with Crippen LogP contribution in [0.5, 0.6) is 23.0 Å². The number of ether oxygens (including phenoxy) is 3. The Morgan fingerprint density at radius 3 is 2.19 bits per heavy atom. The number of halogens is 1. The molecule has 6 atom stereocenters. The van der Waals surface area contributed by atoms with Crippen LogP contribution in [0.2, 0.25) is 5.02 Å². The summed E-state index contributed by atoms with van der Waals surface area (Å²) in [6.07, 6.45) is 6.16. The van der Waals surface area contributed by atoms with Crippen molar-refractivity contribution in [1.82, 2.24) is 5.01 Å². The van der Waals surface area contributed by atoms with Crippen LogP contribution >= 0.6 is 11.6 Å². The largest absolute Gasteiger partial charge is 0.503 e. The molecule has 12 heteroatoms. The second-order valence-electron chi connectivity index (χ2n) is 16.2. The summed E-state index contributed by atoms with van der Waals surface area (Å²) >= 11 is 6.70. The lowest BCUT2D eigenvalue weighted by Gasteiger charge is -2.50. The molecule has 9 rings (SSSR count). The van der Waals surface area contributed by atoms with Gasteiger partial charge in [0.25, 0.3) is 11.8 Å². The number of amides is 4. The predicted octanol–water partition coefficient (Wildman–Crippen LogP) is 8.74. The fraction of sp³-hybridized carbons (Fsp3) is 0.240. The molecule has 0 unspecified atom stereocenters. The molecule has 0 spiro atoms. The van der Waals surface area contributed by atoms with Gasteiger partial charge < -0.3 is 19.3 Å². The minimum atomic E-state index is -1.51. The third-order valence-corrected chi connectivity index (χ3v) is 13.3. The van der Waals surface area contributed by atoms with Gasteiger partial charge in [0.05, 0.1) is 60.9 Å². The molecule has 2 N–H and O–H groups in total. The minimum absolute atomic E-state index is 0.00106. The number of nitrogens with zero attached hydrogens (tertiary/aromatic N) is 2. The zero-order chi connectivity index (χ0) is 43.4. The molecule has 314 valence electrons. The first-order valence-corrected chi connectivity index (χ1v) is 20.8. The van der Waals surface area contributed by atoms with Gasteiger partial charge in [-0.1, -0.05) is 95.6 Å². The number of hydrazine groups is 1. The number of rotatable bonds is 10. The molecule has 4 aliphatic rings. The van der Waals surface area contributed by atoms with E-state index < -0.39 is 46.8 Å². The van der Waals surface area contributed by atoms with Gasteiger partial charge in [0.1, 0.15) is 11.5 Å². The Morgan fingerprint density at radius 2 is 1.50 bits per heavy atom. The van der Waals surface area contributed by atoms with Gasteiger partial charge in [0, 0.05) is 11.5 Å². The van der Waals surface area contributed by atoms with E-state index in [9.17, 15) is 14.7 Å².